The van der Waals surface area contributed by atoms with Gasteiger partial charge in [-0.15, -0.1) is 13.2 Å². The summed E-state index contributed by atoms with van der Waals surface area (Å²) in [7, 11) is 0. The second-order valence-electron chi connectivity index (χ2n) is 4.29. The fraction of sp³-hybridized carbons (Fsp3) is 0.462. The minimum Gasteiger partial charge on any atom is -0.405 e. The van der Waals surface area contributed by atoms with Gasteiger partial charge in [-0.1, -0.05) is 12.1 Å². The summed E-state index contributed by atoms with van der Waals surface area (Å²) >= 11 is 0. The van der Waals surface area contributed by atoms with E-state index in [1.54, 1.807) is 0 Å². The maximum absolute atomic E-state index is 12.3. The van der Waals surface area contributed by atoms with Crippen LogP contribution >= 0.6 is 0 Å². The van der Waals surface area contributed by atoms with E-state index in [9.17, 15) is 18.0 Å². The first-order valence-corrected chi connectivity index (χ1v) is 5.94. The molecule has 1 aromatic carbocycles. The Kier molecular flexibility index (Phi) is 4.09. The Bertz CT molecular complexity index is 451. The zero-order chi connectivity index (χ0) is 13.9. The summed E-state index contributed by atoms with van der Waals surface area (Å²) in [5, 5.41) is 0. The molecule has 0 atom stereocenters. The molecule has 1 fully saturated rings. The van der Waals surface area contributed by atoms with Crippen molar-refractivity contribution in [1.82, 2.24) is 0 Å². The predicted molar refractivity (Wildman–Crippen MR) is 61.0 cm³/mol. The van der Waals surface area contributed by atoms with E-state index >= 15 is 0 Å². The molecule has 104 valence electrons. The Hall–Kier alpha value is -1.56. The third-order valence-corrected chi connectivity index (χ3v) is 2.97. The molecule has 1 aliphatic heterocycles. The van der Waals surface area contributed by atoms with E-state index in [4.69, 9.17) is 4.74 Å². The molecule has 19 heavy (non-hydrogen) atoms. The third-order valence-electron chi connectivity index (χ3n) is 2.97. The van der Waals surface area contributed by atoms with Crippen molar-refractivity contribution in [2.24, 2.45) is 5.92 Å². The van der Waals surface area contributed by atoms with Gasteiger partial charge < -0.3 is 9.47 Å². The number of Topliss-reactive ketones (excluding diaryl/α,β-unsaturated/α-hetero) is 1. The summed E-state index contributed by atoms with van der Waals surface area (Å²) in [5.41, 5.74) is -0.0216. The van der Waals surface area contributed by atoms with Gasteiger partial charge in [-0.25, -0.2) is 0 Å². The standard InChI is InChI=1S/C13H13F3O3/c14-13(15,16)19-11-4-2-1-3-10(11)12(17)9-5-7-18-8-6-9/h1-4,9H,5-8H2. The number of ether oxygens (including phenoxy) is 2. The number of benzene rings is 1. The number of ketones is 1. The lowest BCUT2D eigenvalue weighted by atomic mass is 9.90. The van der Waals surface area contributed by atoms with Gasteiger partial charge in [0.2, 0.25) is 0 Å². The summed E-state index contributed by atoms with van der Waals surface area (Å²) in [6.07, 6.45) is -3.75. The van der Waals surface area contributed by atoms with Gasteiger partial charge >= 0.3 is 6.36 Å². The normalized spacial score (nSPS) is 17.2. The van der Waals surface area contributed by atoms with Gasteiger partial charge in [-0.3, -0.25) is 4.79 Å². The van der Waals surface area contributed by atoms with Crippen molar-refractivity contribution in [2.75, 3.05) is 13.2 Å². The lowest BCUT2D eigenvalue weighted by Crippen LogP contribution is -2.25. The molecule has 0 radical (unpaired) electrons. The fourth-order valence-corrected chi connectivity index (χ4v) is 2.06. The minimum atomic E-state index is -4.80. The Morgan fingerprint density at radius 1 is 1.21 bits per heavy atom. The molecule has 0 aliphatic carbocycles. The first-order chi connectivity index (χ1) is 8.97. The Labute approximate surface area is 108 Å². The summed E-state index contributed by atoms with van der Waals surface area (Å²) < 4.78 is 45.8. The maximum Gasteiger partial charge on any atom is 0.573 e. The zero-order valence-electron chi connectivity index (χ0n) is 10.1. The molecule has 1 aliphatic rings. The first-order valence-electron chi connectivity index (χ1n) is 5.94. The molecule has 0 aromatic heterocycles. The predicted octanol–water partition coefficient (Wildman–Crippen LogP) is 3.19. The van der Waals surface area contributed by atoms with Crippen LogP contribution in [0, 0.1) is 5.92 Å². The number of hydrogen-bond acceptors (Lipinski definition) is 3. The van der Waals surface area contributed by atoms with Crippen molar-refractivity contribution in [3.05, 3.63) is 29.8 Å². The molecule has 6 heteroatoms. The van der Waals surface area contributed by atoms with Crippen molar-refractivity contribution in [1.29, 1.82) is 0 Å². The number of rotatable bonds is 3. The number of carbonyl (C=O) groups excluding carboxylic acids is 1. The van der Waals surface area contributed by atoms with Crippen molar-refractivity contribution < 1.29 is 27.4 Å². The van der Waals surface area contributed by atoms with Gasteiger partial charge in [-0.2, -0.15) is 0 Å². The number of hydrogen-bond donors (Lipinski definition) is 0. The lowest BCUT2D eigenvalue weighted by molar-refractivity contribution is -0.274. The average molecular weight is 274 g/mol. The fourth-order valence-electron chi connectivity index (χ4n) is 2.06. The van der Waals surface area contributed by atoms with Crippen molar-refractivity contribution >= 4 is 5.78 Å². The van der Waals surface area contributed by atoms with Crippen molar-refractivity contribution in [2.45, 2.75) is 19.2 Å². The molecule has 0 bridgehead atoms. The van der Waals surface area contributed by atoms with Gasteiger partial charge in [0.05, 0.1) is 5.56 Å². The SMILES string of the molecule is O=C(c1ccccc1OC(F)(F)F)C1CCOCC1. The molecular formula is C13H13F3O3. The number of halogens is 3. The summed E-state index contributed by atoms with van der Waals surface area (Å²) in [5.74, 6) is -1.05. The molecule has 0 amide bonds. The summed E-state index contributed by atoms with van der Waals surface area (Å²) in [6, 6.07) is 5.44. The molecule has 2 rings (SSSR count). The van der Waals surface area contributed by atoms with E-state index in [0.717, 1.165) is 6.07 Å². The highest BCUT2D eigenvalue weighted by Crippen LogP contribution is 2.30. The number of para-hydroxylation sites is 1. The van der Waals surface area contributed by atoms with Gasteiger partial charge in [0.1, 0.15) is 5.75 Å². The highest BCUT2D eigenvalue weighted by Gasteiger charge is 2.34. The van der Waals surface area contributed by atoms with E-state index in [-0.39, 0.29) is 17.3 Å². The number of alkyl halides is 3. The van der Waals surface area contributed by atoms with Gasteiger partial charge in [0.25, 0.3) is 0 Å². The van der Waals surface area contributed by atoms with Crippen LogP contribution in [-0.2, 0) is 4.74 Å². The Morgan fingerprint density at radius 2 is 1.84 bits per heavy atom. The molecule has 0 saturated carbocycles. The topological polar surface area (TPSA) is 35.5 Å². The van der Waals surface area contributed by atoms with Gasteiger partial charge in [0, 0.05) is 19.1 Å². The van der Waals surface area contributed by atoms with Crippen LogP contribution in [-0.4, -0.2) is 25.4 Å². The molecule has 1 heterocycles. The van der Waals surface area contributed by atoms with E-state index in [0.29, 0.717) is 26.1 Å². The lowest BCUT2D eigenvalue weighted by Gasteiger charge is -2.22. The van der Waals surface area contributed by atoms with E-state index < -0.39 is 12.1 Å². The van der Waals surface area contributed by atoms with Crippen LogP contribution in [0.25, 0.3) is 0 Å². The van der Waals surface area contributed by atoms with Crippen LogP contribution in [0.5, 0.6) is 5.75 Å². The smallest absolute Gasteiger partial charge is 0.405 e. The van der Waals surface area contributed by atoms with Gasteiger partial charge in [0.15, 0.2) is 5.78 Å². The van der Waals surface area contributed by atoms with Crippen LogP contribution in [0.3, 0.4) is 0 Å². The van der Waals surface area contributed by atoms with Crippen LogP contribution in [0.4, 0.5) is 13.2 Å². The van der Waals surface area contributed by atoms with Crippen LogP contribution in [0.2, 0.25) is 0 Å². The highest BCUT2D eigenvalue weighted by atomic mass is 19.4. The largest absolute Gasteiger partial charge is 0.573 e. The van der Waals surface area contributed by atoms with E-state index in [2.05, 4.69) is 4.74 Å². The van der Waals surface area contributed by atoms with Crippen LogP contribution < -0.4 is 4.74 Å². The molecule has 1 aromatic rings. The quantitative estimate of drug-likeness (QED) is 0.794. The molecule has 0 spiro atoms. The minimum absolute atomic E-state index is 0.0216. The van der Waals surface area contributed by atoms with E-state index in [1.807, 2.05) is 0 Å². The highest BCUT2D eigenvalue weighted by molar-refractivity contribution is 6.00. The Morgan fingerprint density at radius 3 is 2.47 bits per heavy atom. The zero-order valence-corrected chi connectivity index (χ0v) is 10.1. The maximum atomic E-state index is 12.3. The molecule has 3 nitrogen and oxygen atoms in total. The first kappa shape index (κ1) is 13.9. The third kappa shape index (κ3) is 3.70. The van der Waals surface area contributed by atoms with Crippen LogP contribution in [0.15, 0.2) is 24.3 Å². The van der Waals surface area contributed by atoms with Crippen LogP contribution in [0.1, 0.15) is 23.2 Å². The number of carbonyl (C=O) groups is 1. The van der Waals surface area contributed by atoms with E-state index in [1.165, 1.54) is 18.2 Å². The Balaban J connectivity index is 2.21. The molecular weight excluding hydrogens is 261 g/mol. The summed E-state index contributed by atoms with van der Waals surface area (Å²) in [6.45, 7) is 0.914. The second-order valence-corrected chi connectivity index (χ2v) is 4.29. The monoisotopic (exact) mass is 274 g/mol. The second kappa shape index (κ2) is 5.61. The van der Waals surface area contributed by atoms with Crippen molar-refractivity contribution in [3.63, 3.8) is 0 Å². The average Bonchev–Trinajstić information content (AvgIpc) is 2.38. The van der Waals surface area contributed by atoms with Crippen molar-refractivity contribution in [3.8, 4) is 5.75 Å². The molecule has 0 unspecified atom stereocenters. The molecule has 1 saturated heterocycles. The van der Waals surface area contributed by atoms with Gasteiger partial charge in [-0.05, 0) is 25.0 Å². The summed E-state index contributed by atoms with van der Waals surface area (Å²) in [4.78, 5) is 12.2. The molecule has 0 N–H and O–H groups in total.